The van der Waals surface area contributed by atoms with E-state index >= 15 is 0 Å². The number of carbonyl (C=O) groups excluding carboxylic acids is 1. The average molecular weight is 456 g/mol. The number of Topliss-reactive ketones (excluding diaryl/α,β-unsaturated/α-hetero) is 1. The molecule has 0 radical (unpaired) electrons. The molecule has 2 aliphatic rings. The molecule has 0 fully saturated rings. The summed E-state index contributed by atoms with van der Waals surface area (Å²) in [6.45, 7) is 8.13. The van der Waals surface area contributed by atoms with Crippen LogP contribution in [0, 0.1) is 6.92 Å². The molecule has 0 atom stereocenters. The number of ether oxygens (including phenoxy) is 3. The standard InChI is InChI=1S/C29H29NO4/c1-18(2)21-11-9-20(10-12-21)13-26-27(31)24-14-23-16-30(15-22-7-5-6-8-25(22)32-4)17-33-28(23)19(3)29(24)34-26/h5-14,18H,15-17H2,1-4H3/b26-13-. The summed E-state index contributed by atoms with van der Waals surface area (Å²) in [6, 6.07) is 18.2. The third-order valence-electron chi connectivity index (χ3n) is 6.49. The minimum Gasteiger partial charge on any atom is -0.496 e. The molecule has 5 nitrogen and oxygen atoms in total. The van der Waals surface area contributed by atoms with Gasteiger partial charge in [0.25, 0.3) is 0 Å². The minimum atomic E-state index is -0.0873. The van der Waals surface area contributed by atoms with Gasteiger partial charge in [0.15, 0.2) is 5.76 Å². The second-order valence-corrected chi connectivity index (χ2v) is 9.20. The summed E-state index contributed by atoms with van der Waals surface area (Å²) in [5, 5.41) is 0. The molecule has 5 heteroatoms. The number of fused-ring (bicyclic) bond motifs is 2. The maximum Gasteiger partial charge on any atom is 0.231 e. The second kappa shape index (κ2) is 8.99. The van der Waals surface area contributed by atoms with E-state index in [-0.39, 0.29) is 5.78 Å². The first kappa shape index (κ1) is 22.2. The molecule has 0 unspecified atom stereocenters. The van der Waals surface area contributed by atoms with E-state index in [9.17, 15) is 4.79 Å². The molecular formula is C29H29NO4. The maximum absolute atomic E-state index is 13.2. The van der Waals surface area contributed by atoms with Gasteiger partial charge in [0.2, 0.25) is 5.78 Å². The van der Waals surface area contributed by atoms with Crippen molar-refractivity contribution in [2.24, 2.45) is 0 Å². The van der Waals surface area contributed by atoms with Crippen LogP contribution in [-0.2, 0) is 13.1 Å². The molecule has 0 aliphatic carbocycles. The van der Waals surface area contributed by atoms with Gasteiger partial charge >= 0.3 is 0 Å². The second-order valence-electron chi connectivity index (χ2n) is 9.20. The summed E-state index contributed by atoms with van der Waals surface area (Å²) in [5.41, 5.74) is 5.78. The topological polar surface area (TPSA) is 48.0 Å². The lowest BCUT2D eigenvalue weighted by Gasteiger charge is -2.30. The normalized spacial score (nSPS) is 16.3. The van der Waals surface area contributed by atoms with Gasteiger partial charge < -0.3 is 14.2 Å². The summed E-state index contributed by atoms with van der Waals surface area (Å²) < 4.78 is 17.7. The van der Waals surface area contributed by atoms with E-state index in [1.165, 1.54) is 5.56 Å². The first-order chi connectivity index (χ1) is 16.4. The number of hydrogen-bond acceptors (Lipinski definition) is 5. The highest BCUT2D eigenvalue weighted by Crippen LogP contribution is 2.43. The number of hydrogen-bond donors (Lipinski definition) is 0. The van der Waals surface area contributed by atoms with Gasteiger partial charge in [-0.1, -0.05) is 56.3 Å². The zero-order valence-corrected chi connectivity index (χ0v) is 20.1. The fourth-order valence-electron chi connectivity index (χ4n) is 4.60. The van der Waals surface area contributed by atoms with Gasteiger partial charge in [-0.25, -0.2) is 0 Å². The smallest absolute Gasteiger partial charge is 0.231 e. The first-order valence-corrected chi connectivity index (χ1v) is 11.6. The molecule has 2 heterocycles. The highest BCUT2D eigenvalue weighted by atomic mass is 16.5. The van der Waals surface area contributed by atoms with Crippen molar-refractivity contribution in [3.8, 4) is 17.2 Å². The Morgan fingerprint density at radius 2 is 1.85 bits per heavy atom. The Morgan fingerprint density at radius 3 is 2.59 bits per heavy atom. The van der Waals surface area contributed by atoms with Crippen molar-refractivity contribution in [1.29, 1.82) is 0 Å². The maximum atomic E-state index is 13.2. The fraction of sp³-hybridized carbons (Fsp3) is 0.276. The lowest BCUT2D eigenvalue weighted by atomic mass is 9.99. The Kier molecular flexibility index (Phi) is 5.88. The molecule has 0 N–H and O–H groups in total. The van der Waals surface area contributed by atoms with Crippen LogP contribution in [0.25, 0.3) is 6.08 Å². The van der Waals surface area contributed by atoms with Crippen molar-refractivity contribution in [2.75, 3.05) is 13.8 Å². The third kappa shape index (κ3) is 4.08. The predicted octanol–water partition coefficient (Wildman–Crippen LogP) is 6.10. The van der Waals surface area contributed by atoms with E-state index in [1.807, 2.05) is 49.4 Å². The quantitative estimate of drug-likeness (QED) is 0.436. The summed E-state index contributed by atoms with van der Waals surface area (Å²) in [7, 11) is 1.68. The van der Waals surface area contributed by atoms with Crippen molar-refractivity contribution in [1.82, 2.24) is 4.90 Å². The van der Waals surface area contributed by atoms with Gasteiger partial charge in [0.1, 0.15) is 24.0 Å². The van der Waals surface area contributed by atoms with E-state index < -0.39 is 0 Å². The predicted molar refractivity (Wildman–Crippen MR) is 132 cm³/mol. The molecule has 3 aromatic carbocycles. The van der Waals surface area contributed by atoms with Crippen molar-refractivity contribution in [3.63, 3.8) is 0 Å². The zero-order chi connectivity index (χ0) is 23.8. The van der Waals surface area contributed by atoms with E-state index in [0.29, 0.717) is 42.8 Å². The van der Waals surface area contributed by atoms with E-state index in [0.717, 1.165) is 33.8 Å². The van der Waals surface area contributed by atoms with Gasteiger partial charge in [0.05, 0.1) is 12.7 Å². The number of allylic oxidation sites excluding steroid dienone is 1. The lowest BCUT2D eigenvalue weighted by molar-refractivity contribution is 0.0869. The molecule has 2 aliphatic heterocycles. The van der Waals surface area contributed by atoms with Crippen molar-refractivity contribution in [2.45, 2.75) is 39.8 Å². The minimum absolute atomic E-state index is 0.0873. The first-order valence-electron chi connectivity index (χ1n) is 11.6. The molecule has 0 saturated carbocycles. The van der Waals surface area contributed by atoms with Crippen LogP contribution in [0.5, 0.6) is 17.2 Å². The van der Waals surface area contributed by atoms with E-state index in [4.69, 9.17) is 14.2 Å². The van der Waals surface area contributed by atoms with Crippen LogP contribution in [-0.4, -0.2) is 24.5 Å². The van der Waals surface area contributed by atoms with Crippen LogP contribution in [0.1, 0.15) is 57.9 Å². The lowest BCUT2D eigenvalue weighted by Crippen LogP contribution is -2.32. The number of methoxy groups -OCH3 is 1. The summed E-state index contributed by atoms with van der Waals surface area (Å²) in [6.07, 6.45) is 1.82. The number of ketones is 1. The Balaban J connectivity index is 1.39. The highest BCUT2D eigenvalue weighted by Gasteiger charge is 2.33. The molecule has 0 aromatic heterocycles. The van der Waals surface area contributed by atoms with E-state index in [1.54, 1.807) is 7.11 Å². The highest BCUT2D eigenvalue weighted by molar-refractivity contribution is 6.15. The Hall–Kier alpha value is -3.57. The average Bonchev–Trinajstić information content (AvgIpc) is 3.15. The van der Waals surface area contributed by atoms with Gasteiger partial charge in [-0.05, 0) is 42.2 Å². The van der Waals surface area contributed by atoms with E-state index in [2.05, 4.69) is 36.9 Å². The summed E-state index contributed by atoms with van der Waals surface area (Å²) in [4.78, 5) is 15.4. The third-order valence-corrected chi connectivity index (χ3v) is 6.49. The van der Waals surface area contributed by atoms with Crippen LogP contribution in [0.2, 0.25) is 0 Å². The number of benzene rings is 3. The molecule has 3 aromatic rings. The molecule has 0 spiro atoms. The number of para-hydroxylation sites is 1. The molecule has 0 saturated heterocycles. The molecule has 0 bridgehead atoms. The van der Waals surface area contributed by atoms with Crippen LogP contribution in [0.15, 0.2) is 60.4 Å². The van der Waals surface area contributed by atoms with Crippen LogP contribution >= 0.6 is 0 Å². The van der Waals surface area contributed by atoms with Crippen molar-refractivity contribution < 1.29 is 19.0 Å². The molecule has 0 amide bonds. The number of rotatable bonds is 5. The number of carbonyl (C=O) groups is 1. The van der Waals surface area contributed by atoms with Gasteiger partial charge in [-0.2, -0.15) is 0 Å². The number of nitrogens with zero attached hydrogens (tertiary/aromatic N) is 1. The summed E-state index contributed by atoms with van der Waals surface area (Å²) >= 11 is 0. The Labute approximate surface area is 200 Å². The zero-order valence-electron chi connectivity index (χ0n) is 20.1. The largest absolute Gasteiger partial charge is 0.496 e. The van der Waals surface area contributed by atoms with Crippen LogP contribution in [0.4, 0.5) is 0 Å². The summed E-state index contributed by atoms with van der Waals surface area (Å²) in [5.74, 6) is 3.00. The van der Waals surface area contributed by atoms with Crippen molar-refractivity contribution >= 4 is 11.9 Å². The molecule has 34 heavy (non-hydrogen) atoms. The molecular weight excluding hydrogens is 426 g/mol. The van der Waals surface area contributed by atoms with Gasteiger partial charge in [0, 0.05) is 29.8 Å². The van der Waals surface area contributed by atoms with Gasteiger partial charge in [-0.15, -0.1) is 0 Å². The van der Waals surface area contributed by atoms with Gasteiger partial charge in [-0.3, -0.25) is 9.69 Å². The Bertz CT molecular complexity index is 1270. The molecule has 174 valence electrons. The Morgan fingerprint density at radius 1 is 1.09 bits per heavy atom. The molecule has 5 rings (SSSR count). The monoisotopic (exact) mass is 455 g/mol. The fourth-order valence-corrected chi connectivity index (χ4v) is 4.60. The van der Waals surface area contributed by atoms with Crippen molar-refractivity contribution in [3.05, 3.63) is 93.7 Å². The SMILES string of the molecule is COc1ccccc1CN1COc2c(cc3c(c2C)O/C(=C\c2ccc(C(C)C)cc2)C3=O)C1. The van der Waals surface area contributed by atoms with Crippen LogP contribution in [0.3, 0.4) is 0 Å². The van der Waals surface area contributed by atoms with Crippen LogP contribution < -0.4 is 14.2 Å².